The van der Waals surface area contributed by atoms with Crippen molar-refractivity contribution < 1.29 is 13.9 Å². The van der Waals surface area contributed by atoms with Crippen LogP contribution in [0.3, 0.4) is 0 Å². The number of nitrogens with zero attached hydrogens (tertiary/aromatic N) is 1. The highest BCUT2D eigenvalue weighted by Crippen LogP contribution is 2.32. The monoisotopic (exact) mass is 453 g/mol. The average molecular weight is 454 g/mol. The van der Waals surface area contributed by atoms with E-state index in [0.717, 1.165) is 38.8 Å². The third-order valence-electron chi connectivity index (χ3n) is 5.91. The van der Waals surface area contributed by atoms with Gasteiger partial charge in [-0.1, -0.05) is 30.3 Å². The van der Waals surface area contributed by atoms with Gasteiger partial charge in [0.05, 0.1) is 24.0 Å². The van der Waals surface area contributed by atoms with Gasteiger partial charge in [0.15, 0.2) is 0 Å². The molecular formula is C28H24FN3O2. The molecule has 2 N–H and O–H groups in total. The molecule has 0 saturated carbocycles. The lowest BCUT2D eigenvalue weighted by molar-refractivity contribution is -0.116. The van der Waals surface area contributed by atoms with E-state index in [1.165, 1.54) is 6.07 Å². The Kier molecular flexibility index (Phi) is 5.95. The van der Waals surface area contributed by atoms with Crippen LogP contribution in [-0.4, -0.2) is 23.0 Å². The number of aryl methyl sites for hydroxylation is 1. The minimum Gasteiger partial charge on any atom is -0.497 e. The molecule has 0 radical (unpaired) electrons. The number of halogens is 1. The van der Waals surface area contributed by atoms with Crippen LogP contribution in [0.2, 0.25) is 0 Å². The zero-order valence-corrected chi connectivity index (χ0v) is 18.8. The fourth-order valence-electron chi connectivity index (χ4n) is 4.25. The van der Waals surface area contributed by atoms with E-state index in [1.807, 2.05) is 54.6 Å². The summed E-state index contributed by atoms with van der Waals surface area (Å²) in [6.45, 7) is 0. The number of methoxy groups -OCH3 is 1. The van der Waals surface area contributed by atoms with Gasteiger partial charge in [-0.25, -0.2) is 9.37 Å². The summed E-state index contributed by atoms with van der Waals surface area (Å²) < 4.78 is 19.3. The van der Waals surface area contributed by atoms with Crippen molar-refractivity contribution in [3.8, 4) is 17.1 Å². The fraction of sp³-hybridized carbons (Fsp3) is 0.143. The predicted molar refractivity (Wildman–Crippen MR) is 134 cm³/mol. The number of ether oxygens (including phenoxy) is 1. The standard InChI is InChI=1S/C28H24FN3O2/c1-34-21-8-4-7-20(17-21)30-27(33)11-5-9-22-23-16-19(29)13-15-25(23)32-28(22)26-14-12-18-6-2-3-10-24(18)31-26/h2-4,6-8,10,12-17,32H,5,9,11H2,1H3,(H,30,33). The molecule has 3 aromatic carbocycles. The first-order valence-electron chi connectivity index (χ1n) is 11.2. The van der Waals surface area contributed by atoms with Crippen LogP contribution in [0.1, 0.15) is 18.4 Å². The summed E-state index contributed by atoms with van der Waals surface area (Å²) in [6.07, 6.45) is 1.56. The number of carbonyl (C=O) groups excluding carboxylic acids is 1. The molecule has 0 spiro atoms. The number of pyridine rings is 1. The topological polar surface area (TPSA) is 67.0 Å². The number of anilines is 1. The van der Waals surface area contributed by atoms with E-state index >= 15 is 0 Å². The van der Waals surface area contributed by atoms with Gasteiger partial charge in [-0.2, -0.15) is 0 Å². The first-order chi connectivity index (χ1) is 16.6. The number of aromatic nitrogens is 2. The van der Waals surface area contributed by atoms with Crippen molar-refractivity contribution in [3.63, 3.8) is 0 Å². The van der Waals surface area contributed by atoms with Crippen molar-refractivity contribution in [1.82, 2.24) is 9.97 Å². The van der Waals surface area contributed by atoms with Crippen LogP contribution in [0.25, 0.3) is 33.2 Å². The Labute approximate surface area is 196 Å². The summed E-state index contributed by atoms with van der Waals surface area (Å²) in [5.74, 6) is 0.317. The maximum absolute atomic E-state index is 14.1. The van der Waals surface area contributed by atoms with Gasteiger partial charge in [0.25, 0.3) is 0 Å². The second-order valence-corrected chi connectivity index (χ2v) is 8.19. The molecule has 0 saturated heterocycles. The molecule has 0 aliphatic heterocycles. The Morgan fingerprint density at radius 1 is 1.03 bits per heavy atom. The molecule has 34 heavy (non-hydrogen) atoms. The normalized spacial score (nSPS) is 11.1. The largest absolute Gasteiger partial charge is 0.497 e. The summed E-state index contributed by atoms with van der Waals surface area (Å²) in [4.78, 5) is 20.8. The molecule has 0 unspecified atom stereocenters. The van der Waals surface area contributed by atoms with Crippen LogP contribution in [0.4, 0.5) is 10.1 Å². The zero-order chi connectivity index (χ0) is 23.5. The summed E-state index contributed by atoms with van der Waals surface area (Å²) in [6, 6.07) is 24.0. The predicted octanol–water partition coefficient (Wildman–Crippen LogP) is 6.49. The Morgan fingerprint density at radius 2 is 1.91 bits per heavy atom. The third kappa shape index (κ3) is 4.48. The van der Waals surface area contributed by atoms with Gasteiger partial charge in [-0.3, -0.25) is 4.79 Å². The molecule has 5 nitrogen and oxygen atoms in total. The van der Waals surface area contributed by atoms with Crippen LogP contribution < -0.4 is 10.1 Å². The lowest BCUT2D eigenvalue weighted by atomic mass is 10.0. The van der Waals surface area contributed by atoms with E-state index in [-0.39, 0.29) is 11.7 Å². The first kappa shape index (κ1) is 21.6. The molecule has 6 heteroatoms. The summed E-state index contributed by atoms with van der Waals surface area (Å²) in [5.41, 5.74) is 5.06. The highest BCUT2D eigenvalue weighted by Gasteiger charge is 2.16. The number of amides is 1. The number of H-pyrrole nitrogens is 1. The van der Waals surface area contributed by atoms with Gasteiger partial charge in [0.1, 0.15) is 11.6 Å². The van der Waals surface area contributed by atoms with Crippen LogP contribution in [0.15, 0.2) is 78.9 Å². The minimum atomic E-state index is -0.290. The van der Waals surface area contributed by atoms with Crippen molar-refractivity contribution in [3.05, 3.63) is 90.2 Å². The number of para-hydroxylation sites is 1. The number of hydrogen-bond acceptors (Lipinski definition) is 3. The number of rotatable bonds is 7. The average Bonchev–Trinajstić information content (AvgIpc) is 3.21. The molecule has 2 aromatic heterocycles. The van der Waals surface area contributed by atoms with E-state index in [4.69, 9.17) is 9.72 Å². The van der Waals surface area contributed by atoms with Crippen molar-refractivity contribution in [2.45, 2.75) is 19.3 Å². The van der Waals surface area contributed by atoms with E-state index in [2.05, 4.69) is 10.3 Å². The van der Waals surface area contributed by atoms with Gasteiger partial charge in [0.2, 0.25) is 5.91 Å². The molecule has 1 amide bonds. The second-order valence-electron chi connectivity index (χ2n) is 8.19. The molecule has 2 heterocycles. The highest BCUT2D eigenvalue weighted by atomic mass is 19.1. The molecule has 0 bridgehead atoms. The van der Waals surface area contributed by atoms with Gasteiger partial charge >= 0.3 is 0 Å². The number of benzene rings is 3. The van der Waals surface area contributed by atoms with E-state index in [9.17, 15) is 9.18 Å². The summed E-state index contributed by atoms with van der Waals surface area (Å²) >= 11 is 0. The van der Waals surface area contributed by atoms with Crippen LogP contribution in [0.5, 0.6) is 5.75 Å². The summed E-state index contributed by atoms with van der Waals surface area (Å²) in [5, 5.41) is 4.79. The Bertz CT molecular complexity index is 1490. The van der Waals surface area contributed by atoms with Gasteiger partial charge in [0, 0.05) is 34.5 Å². The molecule has 5 rings (SSSR count). The molecule has 170 valence electrons. The van der Waals surface area contributed by atoms with Gasteiger partial charge in [-0.05, 0) is 60.9 Å². The maximum atomic E-state index is 14.1. The number of fused-ring (bicyclic) bond motifs is 2. The number of aromatic amines is 1. The molecule has 0 aliphatic rings. The molecule has 0 aliphatic carbocycles. The van der Waals surface area contributed by atoms with E-state index < -0.39 is 0 Å². The van der Waals surface area contributed by atoms with E-state index in [1.54, 1.807) is 25.3 Å². The quantitative estimate of drug-likeness (QED) is 0.296. The highest BCUT2D eigenvalue weighted by molar-refractivity contribution is 5.92. The molecule has 0 fully saturated rings. The number of carbonyl (C=O) groups is 1. The first-order valence-corrected chi connectivity index (χ1v) is 11.2. The summed E-state index contributed by atoms with van der Waals surface area (Å²) in [7, 11) is 1.59. The SMILES string of the molecule is COc1cccc(NC(=O)CCCc2c(-c3ccc4ccccc4n3)[nH]c3ccc(F)cc23)c1. The molecular weight excluding hydrogens is 429 g/mol. The maximum Gasteiger partial charge on any atom is 0.224 e. The van der Waals surface area contributed by atoms with Gasteiger partial charge in [-0.15, -0.1) is 0 Å². The van der Waals surface area contributed by atoms with Crippen LogP contribution in [0, 0.1) is 5.82 Å². The van der Waals surface area contributed by atoms with E-state index in [0.29, 0.717) is 30.7 Å². The van der Waals surface area contributed by atoms with Crippen molar-refractivity contribution in [1.29, 1.82) is 0 Å². The lowest BCUT2D eigenvalue weighted by Gasteiger charge is -2.08. The van der Waals surface area contributed by atoms with Gasteiger partial charge < -0.3 is 15.0 Å². The van der Waals surface area contributed by atoms with Crippen LogP contribution in [-0.2, 0) is 11.2 Å². The van der Waals surface area contributed by atoms with Crippen molar-refractivity contribution >= 4 is 33.4 Å². The van der Waals surface area contributed by atoms with Crippen molar-refractivity contribution in [2.24, 2.45) is 0 Å². The van der Waals surface area contributed by atoms with Crippen molar-refractivity contribution in [2.75, 3.05) is 12.4 Å². The lowest BCUT2D eigenvalue weighted by Crippen LogP contribution is -2.11. The molecule has 0 atom stereocenters. The fourth-order valence-corrected chi connectivity index (χ4v) is 4.25. The second kappa shape index (κ2) is 9.35. The minimum absolute atomic E-state index is 0.0790. The smallest absolute Gasteiger partial charge is 0.224 e. The Hall–Kier alpha value is -4.19. The molecule has 5 aromatic rings. The number of nitrogens with one attached hydrogen (secondary N) is 2. The zero-order valence-electron chi connectivity index (χ0n) is 18.8. The Morgan fingerprint density at radius 3 is 2.79 bits per heavy atom. The Balaban J connectivity index is 1.39. The third-order valence-corrected chi connectivity index (χ3v) is 5.91. The van der Waals surface area contributed by atoms with Crippen LogP contribution >= 0.6 is 0 Å². The number of hydrogen-bond donors (Lipinski definition) is 2.